The van der Waals surface area contributed by atoms with Gasteiger partial charge in [0, 0.05) is 0 Å². The summed E-state index contributed by atoms with van der Waals surface area (Å²) in [5.74, 6) is -0.0966. The second-order valence-corrected chi connectivity index (χ2v) is 8.55. The Morgan fingerprint density at radius 1 is 1.09 bits per heavy atom. The molecule has 2 amide bonds. The monoisotopic (exact) mass is 525 g/mol. The van der Waals surface area contributed by atoms with Crippen LogP contribution in [0.15, 0.2) is 41.3 Å². The van der Waals surface area contributed by atoms with Gasteiger partial charge in [0.2, 0.25) is 0 Å². The van der Waals surface area contributed by atoms with Crippen LogP contribution < -0.4 is 14.2 Å². The Morgan fingerprint density at radius 2 is 1.85 bits per heavy atom. The van der Waals surface area contributed by atoms with Gasteiger partial charge in [0.05, 0.1) is 35.2 Å². The van der Waals surface area contributed by atoms with E-state index in [1.54, 1.807) is 43.3 Å². The highest BCUT2D eigenvalue weighted by Crippen LogP contribution is 2.39. The van der Waals surface area contributed by atoms with Gasteiger partial charge in [-0.1, -0.05) is 35.3 Å². The summed E-state index contributed by atoms with van der Waals surface area (Å²) in [4.78, 5) is 38.0. The van der Waals surface area contributed by atoms with E-state index in [1.165, 1.54) is 13.2 Å². The minimum Gasteiger partial charge on any atom is -0.493 e. The molecule has 1 heterocycles. The van der Waals surface area contributed by atoms with E-state index in [-0.39, 0.29) is 47.8 Å². The molecule has 1 fully saturated rings. The zero-order valence-electron chi connectivity index (χ0n) is 18.3. The van der Waals surface area contributed by atoms with Crippen molar-refractivity contribution in [1.82, 2.24) is 4.90 Å². The van der Waals surface area contributed by atoms with Gasteiger partial charge in [0.15, 0.2) is 18.1 Å². The number of benzene rings is 2. The van der Waals surface area contributed by atoms with Crippen molar-refractivity contribution >= 4 is 58.2 Å². The van der Waals surface area contributed by atoms with Gasteiger partial charge in [0.1, 0.15) is 12.4 Å². The Labute approximate surface area is 210 Å². The fourth-order valence-corrected chi connectivity index (χ4v) is 4.28. The highest BCUT2D eigenvalue weighted by molar-refractivity contribution is 8.18. The van der Waals surface area contributed by atoms with Crippen molar-refractivity contribution in [2.24, 2.45) is 0 Å². The van der Waals surface area contributed by atoms with Gasteiger partial charge in [-0.15, -0.1) is 0 Å². The molecule has 8 nitrogen and oxygen atoms in total. The van der Waals surface area contributed by atoms with E-state index in [9.17, 15) is 14.4 Å². The van der Waals surface area contributed by atoms with Gasteiger partial charge in [-0.25, -0.2) is 4.79 Å². The zero-order valence-corrected chi connectivity index (χ0v) is 20.7. The molecule has 0 saturated carbocycles. The largest absolute Gasteiger partial charge is 0.493 e. The smallest absolute Gasteiger partial charge is 0.344 e. The molecule has 1 saturated heterocycles. The third-order valence-corrected chi connectivity index (χ3v) is 5.97. The number of para-hydroxylation sites is 1. The first kappa shape index (κ1) is 25.7. The molecule has 0 aliphatic carbocycles. The molecule has 0 aromatic heterocycles. The first-order valence-corrected chi connectivity index (χ1v) is 11.7. The van der Waals surface area contributed by atoms with Crippen LogP contribution in [-0.2, 0) is 14.3 Å². The first-order valence-electron chi connectivity index (χ1n) is 10.1. The fraction of sp³-hybridized carbons (Fsp3) is 0.261. The number of rotatable bonds is 10. The van der Waals surface area contributed by atoms with E-state index >= 15 is 0 Å². The van der Waals surface area contributed by atoms with Crippen LogP contribution >= 0.6 is 35.0 Å². The van der Waals surface area contributed by atoms with Crippen molar-refractivity contribution in [2.45, 2.75) is 6.92 Å². The molecule has 1 aliphatic rings. The lowest BCUT2D eigenvalue weighted by atomic mass is 10.1. The van der Waals surface area contributed by atoms with Crippen molar-refractivity contribution in [3.63, 3.8) is 0 Å². The van der Waals surface area contributed by atoms with Crippen LogP contribution in [0.5, 0.6) is 17.2 Å². The molecule has 0 unspecified atom stereocenters. The lowest BCUT2D eigenvalue weighted by Crippen LogP contribution is -2.32. The van der Waals surface area contributed by atoms with Gasteiger partial charge in [0.25, 0.3) is 11.1 Å². The molecule has 34 heavy (non-hydrogen) atoms. The number of imide groups is 1. The van der Waals surface area contributed by atoms with E-state index in [4.69, 9.17) is 42.1 Å². The summed E-state index contributed by atoms with van der Waals surface area (Å²) >= 11 is 13.2. The second-order valence-electron chi connectivity index (χ2n) is 6.74. The van der Waals surface area contributed by atoms with Crippen LogP contribution in [0.1, 0.15) is 12.5 Å². The maximum absolute atomic E-state index is 12.8. The number of amides is 2. The Morgan fingerprint density at radius 3 is 2.56 bits per heavy atom. The predicted molar refractivity (Wildman–Crippen MR) is 130 cm³/mol. The fourth-order valence-electron chi connectivity index (χ4n) is 2.95. The number of methoxy groups -OCH3 is 1. The van der Waals surface area contributed by atoms with Crippen molar-refractivity contribution in [3.8, 4) is 17.2 Å². The van der Waals surface area contributed by atoms with Crippen molar-refractivity contribution in [3.05, 3.63) is 56.9 Å². The van der Waals surface area contributed by atoms with E-state index in [1.807, 2.05) is 0 Å². The van der Waals surface area contributed by atoms with Crippen LogP contribution in [0.2, 0.25) is 10.0 Å². The molecule has 0 bridgehead atoms. The Bertz CT molecular complexity index is 1120. The quantitative estimate of drug-likeness (QED) is 0.314. The number of thioether (sulfide) groups is 1. The van der Waals surface area contributed by atoms with Crippen LogP contribution in [0.4, 0.5) is 4.79 Å². The summed E-state index contributed by atoms with van der Waals surface area (Å²) in [6, 6.07) is 10.1. The zero-order chi connectivity index (χ0) is 24.7. The van der Waals surface area contributed by atoms with E-state index < -0.39 is 17.1 Å². The van der Waals surface area contributed by atoms with Crippen LogP contribution in [-0.4, -0.2) is 55.5 Å². The van der Waals surface area contributed by atoms with E-state index in [0.29, 0.717) is 16.3 Å². The molecule has 2 aromatic carbocycles. The third kappa shape index (κ3) is 6.37. The SMILES string of the molecule is CCOC(=O)COc1c(Cl)cc(/C=C2\SC(=O)N(CCOc3ccccc3Cl)C2=O)cc1OC. The highest BCUT2D eigenvalue weighted by atomic mass is 35.5. The molecular formula is C23H21Cl2NO7S. The Hall–Kier alpha value is -2.88. The standard InChI is InChI=1S/C23H21Cl2NO7S/c1-3-31-20(27)13-33-21-16(25)10-14(11-18(21)30-2)12-19-22(28)26(23(29)34-19)8-9-32-17-7-5-4-6-15(17)24/h4-7,10-12H,3,8-9,13H2,1-2H3/b19-12-. The lowest BCUT2D eigenvalue weighted by Gasteiger charge is -2.14. The normalized spacial score (nSPS) is 14.5. The molecule has 2 aromatic rings. The second kappa shape index (κ2) is 12.0. The Balaban J connectivity index is 1.69. The van der Waals surface area contributed by atoms with Crippen molar-refractivity contribution < 1.29 is 33.3 Å². The number of halogens is 2. The molecule has 0 atom stereocenters. The average molecular weight is 526 g/mol. The van der Waals surface area contributed by atoms with Gasteiger partial charge in [-0.05, 0) is 54.6 Å². The van der Waals surface area contributed by atoms with Crippen molar-refractivity contribution in [1.29, 1.82) is 0 Å². The number of ether oxygens (including phenoxy) is 4. The maximum Gasteiger partial charge on any atom is 0.344 e. The maximum atomic E-state index is 12.8. The summed E-state index contributed by atoms with van der Waals surface area (Å²) in [5.41, 5.74) is 0.517. The number of nitrogens with zero attached hydrogens (tertiary/aromatic N) is 1. The number of carbonyl (C=O) groups is 3. The molecule has 0 N–H and O–H groups in total. The average Bonchev–Trinajstić information content (AvgIpc) is 3.06. The number of hydrogen-bond donors (Lipinski definition) is 0. The van der Waals surface area contributed by atoms with E-state index in [0.717, 1.165) is 16.7 Å². The minimum atomic E-state index is -0.545. The summed E-state index contributed by atoms with van der Waals surface area (Å²) in [6.45, 7) is 1.75. The molecule has 11 heteroatoms. The number of hydrogen-bond acceptors (Lipinski definition) is 8. The molecule has 0 radical (unpaired) electrons. The molecule has 180 valence electrons. The van der Waals surface area contributed by atoms with Gasteiger partial charge >= 0.3 is 5.97 Å². The van der Waals surface area contributed by atoms with E-state index in [2.05, 4.69) is 0 Å². The first-order chi connectivity index (χ1) is 16.3. The Kier molecular flexibility index (Phi) is 9.09. The summed E-state index contributed by atoms with van der Waals surface area (Å²) in [7, 11) is 1.42. The van der Waals surface area contributed by atoms with Crippen molar-refractivity contribution in [2.75, 3.05) is 33.5 Å². The summed E-state index contributed by atoms with van der Waals surface area (Å²) in [6.07, 6.45) is 1.53. The van der Waals surface area contributed by atoms with Gasteiger partial charge < -0.3 is 18.9 Å². The molecular weight excluding hydrogens is 505 g/mol. The van der Waals surface area contributed by atoms with Crippen LogP contribution in [0, 0.1) is 0 Å². The topological polar surface area (TPSA) is 91.4 Å². The number of carbonyl (C=O) groups excluding carboxylic acids is 3. The molecule has 3 rings (SSSR count). The minimum absolute atomic E-state index is 0.0674. The molecule has 1 aliphatic heterocycles. The predicted octanol–water partition coefficient (Wildman–Crippen LogP) is 5.06. The lowest BCUT2D eigenvalue weighted by molar-refractivity contribution is -0.145. The third-order valence-electron chi connectivity index (χ3n) is 4.47. The molecule has 0 spiro atoms. The number of esters is 1. The summed E-state index contributed by atoms with van der Waals surface area (Å²) < 4.78 is 21.1. The highest BCUT2D eigenvalue weighted by Gasteiger charge is 2.35. The van der Waals surface area contributed by atoms with Gasteiger partial charge in [-0.3, -0.25) is 14.5 Å². The van der Waals surface area contributed by atoms with Gasteiger partial charge in [-0.2, -0.15) is 0 Å². The van der Waals surface area contributed by atoms with Crippen LogP contribution in [0.25, 0.3) is 6.08 Å². The summed E-state index contributed by atoms with van der Waals surface area (Å²) in [5, 5.41) is 0.200. The van der Waals surface area contributed by atoms with Crippen LogP contribution in [0.3, 0.4) is 0 Å².